The SMILES string of the molecule is O=C(NC[C@@H]1OC(=O)N2c3ccc(N4CCSCC4=O)cc3OC[C@@H]12)c1ccc(Cl)s1. The average molecular weight is 480 g/mol. The molecule has 4 heterocycles. The Morgan fingerprint density at radius 1 is 1.26 bits per heavy atom. The Balaban J connectivity index is 1.30. The third kappa shape index (κ3) is 3.83. The number of nitrogens with one attached hydrogen (secondary N) is 1. The number of hydrogen-bond donors (Lipinski definition) is 1. The number of nitrogens with zero attached hydrogens (tertiary/aromatic N) is 2. The number of anilines is 2. The van der Waals surface area contributed by atoms with Crippen LogP contribution in [-0.2, 0) is 9.53 Å². The van der Waals surface area contributed by atoms with E-state index in [-0.39, 0.29) is 31.0 Å². The molecule has 2 atom stereocenters. The summed E-state index contributed by atoms with van der Waals surface area (Å²) in [7, 11) is 0. The van der Waals surface area contributed by atoms with Crippen LogP contribution in [0, 0.1) is 0 Å². The normalized spacial score (nSPS) is 22.5. The van der Waals surface area contributed by atoms with Crippen LogP contribution in [0.25, 0.3) is 0 Å². The minimum Gasteiger partial charge on any atom is -0.489 e. The van der Waals surface area contributed by atoms with Crippen molar-refractivity contribution in [1.82, 2.24) is 5.32 Å². The van der Waals surface area contributed by atoms with Crippen molar-refractivity contribution in [2.75, 3.05) is 41.0 Å². The molecule has 0 aliphatic carbocycles. The van der Waals surface area contributed by atoms with Crippen LogP contribution in [0.1, 0.15) is 9.67 Å². The number of thiophene rings is 1. The minimum atomic E-state index is -0.541. The van der Waals surface area contributed by atoms with Gasteiger partial charge < -0.3 is 19.7 Å². The maximum absolute atomic E-state index is 12.6. The first-order valence-electron chi connectivity index (χ1n) is 9.69. The summed E-state index contributed by atoms with van der Waals surface area (Å²) in [6.07, 6.45) is -1.02. The van der Waals surface area contributed by atoms with E-state index in [1.807, 2.05) is 6.07 Å². The van der Waals surface area contributed by atoms with Crippen LogP contribution in [0.5, 0.6) is 5.75 Å². The van der Waals surface area contributed by atoms with Gasteiger partial charge in [0.2, 0.25) is 5.91 Å². The molecule has 2 saturated heterocycles. The number of rotatable bonds is 4. The molecule has 2 aromatic rings. The average Bonchev–Trinajstić information content (AvgIpc) is 3.35. The lowest BCUT2D eigenvalue weighted by Crippen LogP contribution is -2.48. The number of ether oxygens (including phenoxy) is 2. The lowest BCUT2D eigenvalue weighted by atomic mass is 10.1. The van der Waals surface area contributed by atoms with E-state index in [1.165, 1.54) is 11.3 Å². The number of benzene rings is 1. The fourth-order valence-corrected chi connectivity index (χ4v) is 5.62. The van der Waals surface area contributed by atoms with Crippen LogP contribution in [0.15, 0.2) is 30.3 Å². The second-order valence-corrected chi connectivity index (χ2v) is 10.1. The third-order valence-electron chi connectivity index (χ3n) is 5.38. The summed E-state index contributed by atoms with van der Waals surface area (Å²) < 4.78 is 12.0. The highest BCUT2D eigenvalue weighted by atomic mass is 35.5. The number of amides is 3. The zero-order chi connectivity index (χ0) is 21.5. The van der Waals surface area contributed by atoms with Crippen molar-refractivity contribution >= 4 is 64.0 Å². The van der Waals surface area contributed by atoms with Crippen molar-refractivity contribution < 1.29 is 23.9 Å². The standard InChI is InChI=1S/C20H18ClN3O5S2/c21-17-4-3-16(31-17)19(26)22-8-15-13-9-28-14-7-11(23-5-6-30-10-18(23)25)1-2-12(14)24(13)20(27)29-15/h1-4,7,13,15H,5-6,8-10H2,(H,22,26)/t13-,15-/m0/s1. The Labute approximate surface area is 191 Å². The van der Waals surface area contributed by atoms with Gasteiger partial charge in [0.25, 0.3) is 5.91 Å². The van der Waals surface area contributed by atoms with E-state index >= 15 is 0 Å². The maximum atomic E-state index is 12.6. The van der Waals surface area contributed by atoms with Crippen molar-refractivity contribution in [2.24, 2.45) is 0 Å². The summed E-state index contributed by atoms with van der Waals surface area (Å²) in [5, 5.41) is 2.80. The molecule has 0 bridgehead atoms. The summed E-state index contributed by atoms with van der Waals surface area (Å²) in [6, 6.07) is 8.35. The lowest BCUT2D eigenvalue weighted by Gasteiger charge is -2.33. The Morgan fingerprint density at radius 2 is 2.13 bits per heavy atom. The van der Waals surface area contributed by atoms with Gasteiger partial charge in [0.05, 0.1) is 27.2 Å². The maximum Gasteiger partial charge on any atom is 0.415 e. The Morgan fingerprint density at radius 3 is 2.90 bits per heavy atom. The summed E-state index contributed by atoms with van der Waals surface area (Å²) in [6.45, 7) is 1.04. The van der Waals surface area contributed by atoms with Crippen molar-refractivity contribution in [3.05, 3.63) is 39.5 Å². The zero-order valence-corrected chi connectivity index (χ0v) is 18.6. The van der Waals surface area contributed by atoms with Gasteiger partial charge in [0.15, 0.2) is 0 Å². The summed E-state index contributed by atoms with van der Waals surface area (Å²) in [4.78, 5) is 40.9. The molecule has 3 aliphatic rings. The van der Waals surface area contributed by atoms with Gasteiger partial charge in [-0.1, -0.05) is 11.6 Å². The molecule has 0 radical (unpaired) electrons. The monoisotopic (exact) mass is 479 g/mol. The van der Waals surface area contributed by atoms with Crippen LogP contribution < -0.4 is 19.9 Å². The highest BCUT2D eigenvalue weighted by Crippen LogP contribution is 2.41. The molecule has 1 N–H and O–H groups in total. The molecule has 11 heteroatoms. The molecule has 3 aliphatic heterocycles. The van der Waals surface area contributed by atoms with Gasteiger partial charge in [0, 0.05) is 24.1 Å². The summed E-state index contributed by atoms with van der Waals surface area (Å²) >= 11 is 8.69. The smallest absolute Gasteiger partial charge is 0.415 e. The van der Waals surface area contributed by atoms with E-state index < -0.39 is 12.2 Å². The molecule has 162 valence electrons. The van der Waals surface area contributed by atoms with E-state index in [0.29, 0.717) is 32.9 Å². The van der Waals surface area contributed by atoms with Gasteiger partial charge >= 0.3 is 6.09 Å². The quantitative estimate of drug-likeness (QED) is 0.725. The van der Waals surface area contributed by atoms with E-state index in [4.69, 9.17) is 21.1 Å². The molecule has 1 aromatic heterocycles. The molecule has 1 aromatic carbocycles. The van der Waals surface area contributed by atoms with E-state index in [2.05, 4.69) is 5.32 Å². The van der Waals surface area contributed by atoms with Crippen molar-refractivity contribution in [2.45, 2.75) is 12.1 Å². The molecule has 0 spiro atoms. The van der Waals surface area contributed by atoms with Gasteiger partial charge in [-0.3, -0.25) is 14.5 Å². The van der Waals surface area contributed by atoms with Gasteiger partial charge in [-0.15, -0.1) is 11.3 Å². The van der Waals surface area contributed by atoms with Crippen LogP contribution in [0.2, 0.25) is 4.34 Å². The molecule has 0 saturated carbocycles. The van der Waals surface area contributed by atoms with Gasteiger partial charge in [0.1, 0.15) is 24.5 Å². The van der Waals surface area contributed by atoms with Crippen LogP contribution in [0.3, 0.4) is 0 Å². The second-order valence-electron chi connectivity index (χ2n) is 7.23. The Hall–Kier alpha value is -2.43. The molecule has 2 fully saturated rings. The Bertz CT molecular complexity index is 1060. The van der Waals surface area contributed by atoms with Crippen LogP contribution in [0.4, 0.5) is 16.2 Å². The largest absolute Gasteiger partial charge is 0.489 e. The molecule has 5 rings (SSSR count). The first kappa shape index (κ1) is 20.5. The molecular formula is C20H18ClN3O5S2. The first-order chi connectivity index (χ1) is 15.0. The fourth-order valence-electron chi connectivity index (χ4n) is 3.87. The summed E-state index contributed by atoms with van der Waals surface area (Å²) in [5.41, 5.74) is 1.36. The highest BCUT2D eigenvalue weighted by molar-refractivity contribution is 8.00. The van der Waals surface area contributed by atoms with E-state index in [1.54, 1.807) is 45.8 Å². The number of cyclic esters (lactones) is 1. The van der Waals surface area contributed by atoms with Gasteiger partial charge in [-0.05, 0) is 24.3 Å². The lowest BCUT2D eigenvalue weighted by molar-refractivity contribution is -0.116. The second kappa shape index (κ2) is 8.25. The van der Waals surface area contributed by atoms with Crippen LogP contribution in [-0.4, -0.2) is 61.3 Å². The fraction of sp³-hybridized carbons (Fsp3) is 0.350. The molecular weight excluding hydrogens is 462 g/mol. The number of hydrogen-bond acceptors (Lipinski definition) is 7. The zero-order valence-electron chi connectivity index (χ0n) is 16.2. The molecule has 8 nitrogen and oxygen atoms in total. The number of fused-ring (bicyclic) bond motifs is 3. The molecule has 31 heavy (non-hydrogen) atoms. The van der Waals surface area contributed by atoms with Gasteiger partial charge in [-0.25, -0.2) is 4.79 Å². The summed E-state index contributed by atoms with van der Waals surface area (Å²) in [5.74, 6) is 1.68. The van der Waals surface area contributed by atoms with Crippen LogP contribution >= 0.6 is 34.7 Å². The Kier molecular flexibility index (Phi) is 5.45. The minimum absolute atomic E-state index is 0.0632. The van der Waals surface area contributed by atoms with Crippen molar-refractivity contribution in [1.29, 1.82) is 0 Å². The topological polar surface area (TPSA) is 88.2 Å². The van der Waals surface area contributed by atoms with E-state index in [9.17, 15) is 14.4 Å². The van der Waals surface area contributed by atoms with Gasteiger partial charge in [-0.2, -0.15) is 11.8 Å². The highest BCUT2D eigenvalue weighted by Gasteiger charge is 2.46. The number of halogens is 1. The first-order valence-corrected chi connectivity index (χ1v) is 12.0. The van der Waals surface area contributed by atoms with Crippen molar-refractivity contribution in [3.8, 4) is 5.75 Å². The van der Waals surface area contributed by atoms with Crippen molar-refractivity contribution in [3.63, 3.8) is 0 Å². The predicted molar refractivity (Wildman–Crippen MR) is 120 cm³/mol. The number of carbonyl (C=O) groups is 3. The van der Waals surface area contributed by atoms with E-state index in [0.717, 1.165) is 11.4 Å². The number of carbonyl (C=O) groups excluding carboxylic acids is 3. The third-order valence-corrected chi connectivity index (χ3v) is 7.53. The molecule has 3 amide bonds. The number of thioether (sulfide) groups is 1. The predicted octanol–water partition coefficient (Wildman–Crippen LogP) is 3.00. The molecule has 0 unspecified atom stereocenters.